The Labute approximate surface area is 267 Å². The summed E-state index contributed by atoms with van der Waals surface area (Å²) in [7, 11) is 0. The van der Waals surface area contributed by atoms with Crippen molar-refractivity contribution in [2.75, 3.05) is 0 Å². The number of alkyl carbamates (subject to hydrolysis) is 1. The van der Waals surface area contributed by atoms with E-state index < -0.39 is 59.6 Å². The molecule has 0 bridgehead atoms. The molecule has 10 heteroatoms. The first-order valence-electron chi connectivity index (χ1n) is 15.8. The monoisotopic (exact) mass is 624 g/mol. The molecule has 10 nitrogen and oxygen atoms in total. The Kier molecular flexibility index (Phi) is 14.5. The summed E-state index contributed by atoms with van der Waals surface area (Å²) in [6, 6.07) is 16.2. The van der Waals surface area contributed by atoms with Gasteiger partial charge in [0.2, 0.25) is 17.7 Å². The molecule has 0 radical (unpaired) electrons. The number of primary amides is 1. The average molecular weight is 625 g/mol. The van der Waals surface area contributed by atoms with Gasteiger partial charge in [0, 0.05) is 5.92 Å². The van der Waals surface area contributed by atoms with E-state index in [1.165, 1.54) is 0 Å². The molecular formula is C35H52N4O6. The zero-order valence-electron chi connectivity index (χ0n) is 27.7. The van der Waals surface area contributed by atoms with E-state index >= 15 is 0 Å². The molecule has 2 unspecified atom stereocenters. The quantitative estimate of drug-likeness (QED) is 0.191. The number of carbonyl (C=O) groups is 4. The van der Waals surface area contributed by atoms with Gasteiger partial charge in [0.05, 0.1) is 12.1 Å². The van der Waals surface area contributed by atoms with Crippen molar-refractivity contribution in [3.63, 3.8) is 0 Å². The second kappa shape index (κ2) is 17.5. The Morgan fingerprint density at radius 1 is 0.800 bits per heavy atom. The van der Waals surface area contributed by atoms with Crippen molar-refractivity contribution in [1.82, 2.24) is 16.0 Å². The Bertz CT molecular complexity index is 1230. The fourth-order valence-electron chi connectivity index (χ4n) is 5.03. The number of nitrogens with two attached hydrogens (primary N) is 1. The van der Waals surface area contributed by atoms with Gasteiger partial charge in [-0.2, -0.15) is 0 Å². The van der Waals surface area contributed by atoms with E-state index in [0.717, 1.165) is 11.1 Å². The second-order valence-electron chi connectivity index (χ2n) is 13.1. The van der Waals surface area contributed by atoms with E-state index in [0.29, 0.717) is 12.8 Å². The van der Waals surface area contributed by atoms with Crippen LogP contribution in [0.2, 0.25) is 0 Å². The molecule has 2 aromatic rings. The van der Waals surface area contributed by atoms with E-state index in [9.17, 15) is 24.3 Å². The summed E-state index contributed by atoms with van der Waals surface area (Å²) < 4.78 is 5.46. The first-order valence-corrected chi connectivity index (χ1v) is 15.8. The molecule has 0 aliphatic rings. The molecule has 0 aliphatic heterocycles. The fraction of sp³-hybridized carbons (Fsp3) is 0.543. The Hall–Kier alpha value is -3.92. The van der Waals surface area contributed by atoms with Crippen LogP contribution in [0, 0.1) is 17.8 Å². The zero-order chi connectivity index (χ0) is 33.7. The summed E-state index contributed by atoms with van der Waals surface area (Å²) in [5.74, 6) is -2.82. The predicted molar refractivity (Wildman–Crippen MR) is 175 cm³/mol. The van der Waals surface area contributed by atoms with E-state index in [1.54, 1.807) is 34.6 Å². The van der Waals surface area contributed by atoms with Gasteiger partial charge in [-0.1, -0.05) is 94.8 Å². The van der Waals surface area contributed by atoms with E-state index in [2.05, 4.69) is 16.0 Å². The summed E-state index contributed by atoms with van der Waals surface area (Å²) in [5, 5.41) is 20.0. The van der Waals surface area contributed by atoms with Crippen molar-refractivity contribution < 1.29 is 29.0 Å². The molecule has 248 valence electrons. The predicted octanol–water partition coefficient (Wildman–Crippen LogP) is 3.89. The highest BCUT2D eigenvalue weighted by molar-refractivity contribution is 5.92. The minimum Gasteiger partial charge on any atom is -0.444 e. The van der Waals surface area contributed by atoms with Crippen molar-refractivity contribution in [1.29, 1.82) is 0 Å². The lowest BCUT2D eigenvalue weighted by Crippen LogP contribution is -2.57. The van der Waals surface area contributed by atoms with Crippen LogP contribution in [0.25, 0.3) is 0 Å². The molecule has 0 aliphatic carbocycles. The lowest BCUT2D eigenvalue weighted by Gasteiger charge is -2.30. The first-order chi connectivity index (χ1) is 21.1. The summed E-state index contributed by atoms with van der Waals surface area (Å²) >= 11 is 0. The second-order valence-corrected chi connectivity index (χ2v) is 13.1. The van der Waals surface area contributed by atoms with Gasteiger partial charge in [0.1, 0.15) is 17.7 Å². The smallest absolute Gasteiger partial charge is 0.407 e. The topological polar surface area (TPSA) is 160 Å². The van der Waals surface area contributed by atoms with Crippen molar-refractivity contribution in [2.45, 2.75) is 104 Å². The van der Waals surface area contributed by atoms with Gasteiger partial charge >= 0.3 is 6.09 Å². The maximum atomic E-state index is 13.9. The van der Waals surface area contributed by atoms with Crippen LogP contribution < -0.4 is 21.7 Å². The number of aliphatic hydroxyl groups is 1. The van der Waals surface area contributed by atoms with E-state index in [4.69, 9.17) is 10.5 Å². The number of rotatable bonds is 16. The normalized spacial score (nSPS) is 15.6. The van der Waals surface area contributed by atoms with Crippen LogP contribution in [0.1, 0.15) is 72.4 Å². The molecule has 0 fully saturated rings. The third-order valence-corrected chi connectivity index (χ3v) is 7.75. The number of amides is 4. The molecule has 6 N–H and O–H groups in total. The summed E-state index contributed by atoms with van der Waals surface area (Å²) in [4.78, 5) is 52.1. The summed E-state index contributed by atoms with van der Waals surface area (Å²) in [6.45, 7) is 12.6. The molecule has 0 aromatic heterocycles. The number of benzene rings is 2. The molecule has 0 saturated heterocycles. The van der Waals surface area contributed by atoms with Crippen LogP contribution in [0.15, 0.2) is 60.7 Å². The fourth-order valence-corrected chi connectivity index (χ4v) is 5.03. The lowest BCUT2D eigenvalue weighted by molar-refractivity contribution is -0.134. The van der Waals surface area contributed by atoms with Crippen molar-refractivity contribution in [3.05, 3.63) is 71.8 Å². The first kappa shape index (κ1) is 37.3. The van der Waals surface area contributed by atoms with Crippen LogP contribution >= 0.6 is 0 Å². The standard InChI is InChI=1S/C35H52N4O6/c1-8-23(4)30(31(36)41)39-33(43)29(22(2)3)38-32(42)26(19-24-15-11-9-12-16-24)21-28(40)27(20-25-17-13-10-14-18-25)37-34(44)45-35(5,6)7/h9-18,22-23,26-30,40H,8,19-21H2,1-7H3,(H2,36,41)(H,37,44)(H,38,42)(H,39,43)/t23?,26-,27+,28-,29+,30?/m1/s1. The minimum atomic E-state index is -1.13. The number of carbonyl (C=O) groups excluding carboxylic acids is 4. The molecule has 2 aromatic carbocycles. The summed E-state index contributed by atoms with van der Waals surface area (Å²) in [6.07, 6.45) is -0.580. The van der Waals surface area contributed by atoms with Gasteiger partial charge in [0.15, 0.2) is 0 Å². The molecule has 0 heterocycles. The van der Waals surface area contributed by atoms with Gasteiger partial charge in [-0.15, -0.1) is 0 Å². The number of hydrogen-bond acceptors (Lipinski definition) is 6. The van der Waals surface area contributed by atoms with E-state index in [-0.39, 0.29) is 24.7 Å². The van der Waals surface area contributed by atoms with Gasteiger partial charge in [-0.3, -0.25) is 14.4 Å². The highest BCUT2D eigenvalue weighted by Crippen LogP contribution is 2.20. The SMILES string of the molecule is CCC(C)C(NC(=O)[C@@H](NC(=O)[C@H](Cc1ccccc1)C[C@@H](O)[C@H](Cc1ccccc1)NC(=O)OC(C)(C)C)C(C)C)C(N)=O. The third-order valence-electron chi connectivity index (χ3n) is 7.75. The maximum Gasteiger partial charge on any atom is 0.407 e. The van der Waals surface area contributed by atoms with Crippen LogP contribution in [-0.2, 0) is 32.0 Å². The van der Waals surface area contributed by atoms with Gasteiger partial charge in [-0.05, 0) is 63.0 Å². The number of ether oxygens (including phenoxy) is 1. The number of nitrogens with one attached hydrogen (secondary N) is 3. The van der Waals surface area contributed by atoms with Crippen LogP contribution in [0.3, 0.4) is 0 Å². The molecule has 2 rings (SSSR count). The average Bonchev–Trinajstić information content (AvgIpc) is 2.97. The number of aliphatic hydroxyl groups excluding tert-OH is 1. The van der Waals surface area contributed by atoms with Gasteiger partial charge < -0.3 is 31.5 Å². The van der Waals surface area contributed by atoms with E-state index in [1.807, 2.05) is 74.5 Å². The van der Waals surface area contributed by atoms with Crippen molar-refractivity contribution >= 4 is 23.8 Å². The zero-order valence-corrected chi connectivity index (χ0v) is 27.7. The Morgan fingerprint density at radius 2 is 1.31 bits per heavy atom. The third kappa shape index (κ3) is 12.9. The largest absolute Gasteiger partial charge is 0.444 e. The van der Waals surface area contributed by atoms with Crippen molar-refractivity contribution in [3.8, 4) is 0 Å². The number of hydrogen-bond donors (Lipinski definition) is 5. The summed E-state index contributed by atoms with van der Waals surface area (Å²) in [5.41, 5.74) is 6.60. The molecule has 0 saturated carbocycles. The van der Waals surface area contributed by atoms with Gasteiger partial charge in [-0.25, -0.2) is 4.79 Å². The molecule has 0 spiro atoms. The highest BCUT2D eigenvalue weighted by Gasteiger charge is 2.34. The lowest BCUT2D eigenvalue weighted by atomic mass is 9.88. The molecule has 6 atom stereocenters. The van der Waals surface area contributed by atoms with Crippen LogP contribution in [-0.4, -0.2) is 58.8 Å². The Balaban J connectivity index is 2.34. The van der Waals surface area contributed by atoms with Crippen LogP contribution in [0.5, 0.6) is 0 Å². The molecular weight excluding hydrogens is 572 g/mol. The van der Waals surface area contributed by atoms with Crippen LogP contribution in [0.4, 0.5) is 4.79 Å². The highest BCUT2D eigenvalue weighted by atomic mass is 16.6. The minimum absolute atomic E-state index is 0.00274. The Morgan fingerprint density at radius 3 is 1.78 bits per heavy atom. The van der Waals surface area contributed by atoms with Crippen molar-refractivity contribution in [2.24, 2.45) is 23.5 Å². The maximum absolute atomic E-state index is 13.9. The van der Waals surface area contributed by atoms with Gasteiger partial charge in [0.25, 0.3) is 0 Å². The molecule has 45 heavy (non-hydrogen) atoms. The molecule has 4 amide bonds.